The third kappa shape index (κ3) is 19.7. The molecule has 0 aromatic rings. The molecule has 276 valence electrons. The first kappa shape index (κ1) is 43.5. The summed E-state index contributed by atoms with van der Waals surface area (Å²) in [7, 11) is 1.69. The predicted octanol–water partition coefficient (Wildman–Crippen LogP) is -4.41. The van der Waals surface area contributed by atoms with E-state index in [9.17, 15) is 58.5 Å². The first-order valence-electron chi connectivity index (χ1n) is 15.0. The van der Waals surface area contributed by atoms with Crippen LogP contribution in [0.2, 0.25) is 0 Å². The van der Waals surface area contributed by atoms with Gasteiger partial charge in [0.15, 0.2) is 5.96 Å². The number of rotatable bonds is 25. The highest BCUT2D eigenvalue weighted by molar-refractivity contribution is 5.98. The maximum Gasteiger partial charge on any atom is 0.326 e. The van der Waals surface area contributed by atoms with Gasteiger partial charge in [-0.25, -0.2) is 4.79 Å². The minimum atomic E-state index is -1.97. The van der Waals surface area contributed by atoms with Gasteiger partial charge in [0.05, 0.1) is 19.3 Å². The van der Waals surface area contributed by atoms with Crippen LogP contribution in [0, 0.1) is 5.41 Å². The van der Waals surface area contributed by atoms with Crippen LogP contribution in [0.5, 0.6) is 0 Å². The fourth-order valence-corrected chi connectivity index (χ4v) is 4.19. The first-order valence-corrected chi connectivity index (χ1v) is 15.0. The molecule has 0 aliphatic heterocycles. The number of aliphatic carboxylic acids is 4. The molecule has 0 aliphatic rings. The molecule has 0 aliphatic carbocycles. The summed E-state index contributed by atoms with van der Waals surface area (Å²) in [5.74, 6) is -12.1. The zero-order valence-corrected chi connectivity index (χ0v) is 27.0. The van der Waals surface area contributed by atoms with Gasteiger partial charge in [0.1, 0.15) is 30.2 Å². The van der Waals surface area contributed by atoms with Crippen LogP contribution in [-0.2, 0) is 43.2 Å². The summed E-state index contributed by atoms with van der Waals surface area (Å²) in [5, 5.41) is 60.5. The zero-order chi connectivity index (χ0) is 37.7. The van der Waals surface area contributed by atoms with Crippen molar-refractivity contribution in [2.75, 3.05) is 20.1 Å². The van der Waals surface area contributed by atoms with E-state index in [1.165, 1.54) is 0 Å². The van der Waals surface area contributed by atoms with Crippen molar-refractivity contribution in [2.24, 2.45) is 5.73 Å². The van der Waals surface area contributed by atoms with Crippen molar-refractivity contribution in [3.8, 4) is 0 Å². The monoisotopic (exact) mass is 703 g/mol. The molecule has 0 aromatic carbocycles. The highest BCUT2D eigenvalue weighted by Crippen LogP contribution is 2.06. The minimum absolute atomic E-state index is 0.0110. The number of unbranched alkanes of at least 4 members (excludes halogenated alkanes) is 1. The smallest absolute Gasteiger partial charge is 0.326 e. The molecule has 22 heteroatoms. The van der Waals surface area contributed by atoms with E-state index >= 15 is 0 Å². The molecule has 0 bridgehead atoms. The van der Waals surface area contributed by atoms with Crippen LogP contribution in [-0.4, -0.2) is 130 Å². The van der Waals surface area contributed by atoms with E-state index in [0.717, 1.165) is 6.92 Å². The van der Waals surface area contributed by atoms with Crippen molar-refractivity contribution in [3.63, 3.8) is 0 Å². The second-order valence-corrected chi connectivity index (χ2v) is 10.7. The van der Waals surface area contributed by atoms with Gasteiger partial charge in [-0.1, -0.05) is 0 Å². The van der Waals surface area contributed by atoms with Gasteiger partial charge in [0, 0.05) is 13.5 Å². The molecule has 49 heavy (non-hydrogen) atoms. The van der Waals surface area contributed by atoms with Gasteiger partial charge in [-0.3, -0.25) is 43.8 Å². The number of nitrogens with two attached hydrogens (primary N) is 1. The maximum atomic E-state index is 13.3. The van der Waals surface area contributed by atoms with Crippen LogP contribution < -0.4 is 43.0 Å². The van der Waals surface area contributed by atoms with Gasteiger partial charge >= 0.3 is 23.9 Å². The van der Waals surface area contributed by atoms with Crippen LogP contribution in [0.3, 0.4) is 0 Å². The van der Waals surface area contributed by atoms with E-state index in [1.807, 2.05) is 5.32 Å². The fourth-order valence-electron chi connectivity index (χ4n) is 4.19. The molecule has 14 N–H and O–H groups in total. The lowest BCUT2D eigenvalue weighted by Gasteiger charge is -2.26. The first-order chi connectivity index (χ1) is 22.9. The minimum Gasteiger partial charge on any atom is -0.481 e. The summed E-state index contributed by atoms with van der Waals surface area (Å²) < 4.78 is 0. The van der Waals surface area contributed by atoms with Gasteiger partial charge in [0.2, 0.25) is 29.5 Å². The van der Waals surface area contributed by atoms with Crippen molar-refractivity contribution in [3.05, 3.63) is 0 Å². The van der Waals surface area contributed by atoms with Gasteiger partial charge < -0.3 is 63.4 Å². The maximum absolute atomic E-state index is 13.3. The summed E-state index contributed by atoms with van der Waals surface area (Å²) in [6, 6.07) is -8.53. The van der Waals surface area contributed by atoms with Crippen LogP contribution >= 0.6 is 0 Å². The molecular formula is C27H45N9O13. The summed E-state index contributed by atoms with van der Waals surface area (Å²) >= 11 is 0. The molecule has 22 nitrogen and oxygen atoms in total. The van der Waals surface area contributed by atoms with Crippen molar-refractivity contribution in [1.82, 2.24) is 37.2 Å². The molecular weight excluding hydrogens is 658 g/mol. The van der Waals surface area contributed by atoms with Crippen LogP contribution in [0.1, 0.15) is 58.3 Å². The lowest BCUT2D eigenvalue weighted by molar-refractivity contribution is -0.145. The number of hydrogen-bond donors (Lipinski definition) is 13. The highest BCUT2D eigenvalue weighted by atomic mass is 16.4. The van der Waals surface area contributed by atoms with Crippen LogP contribution in [0.4, 0.5) is 0 Å². The average molecular weight is 704 g/mol. The summed E-state index contributed by atoms with van der Waals surface area (Å²) in [6.07, 6.45) is -2.32. The molecule has 0 saturated heterocycles. The van der Waals surface area contributed by atoms with E-state index in [2.05, 4.69) is 31.9 Å². The van der Waals surface area contributed by atoms with Crippen LogP contribution in [0.15, 0.2) is 0 Å². The molecule has 0 aromatic heterocycles. The number of carboxylic acids is 4. The van der Waals surface area contributed by atoms with Gasteiger partial charge in [0.25, 0.3) is 0 Å². The third-order valence-corrected chi connectivity index (χ3v) is 6.50. The van der Waals surface area contributed by atoms with Gasteiger partial charge in [-0.05, 0) is 45.7 Å². The van der Waals surface area contributed by atoms with E-state index in [4.69, 9.17) is 16.2 Å². The van der Waals surface area contributed by atoms with E-state index in [-0.39, 0.29) is 25.8 Å². The SMILES string of the molecule is CNCCCC[C@H](NC(=O)C(CC(=O)O)NC(=O)[C@H](CC(=O)O)NC(=O)[C@H](CCCNC(=N)N)NC(=O)[C@H](CC(=O)O)NC(C)=O)C(=O)O. The topological polar surface area (TPSA) is 369 Å². The quantitative estimate of drug-likeness (QED) is 0.0242. The average Bonchev–Trinajstić information content (AvgIpc) is 2.97. The Bertz CT molecular complexity index is 1210. The molecule has 0 saturated carbocycles. The Balaban J connectivity index is 6.12. The number of hydrogen-bond acceptors (Lipinski definition) is 11. The number of guanidine groups is 1. The third-order valence-electron chi connectivity index (χ3n) is 6.50. The Morgan fingerprint density at radius 3 is 1.35 bits per heavy atom. The van der Waals surface area contributed by atoms with Crippen molar-refractivity contribution in [2.45, 2.75) is 88.5 Å². The van der Waals surface area contributed by atoms with Crippen molar-refractivity contribution >= 4 is 59.4 Å². The molecule has 1 unspecified atom stereocenters. The standard InChI is InChI=1S/C27H45N9O13/c1-13(37)32-16(10-19(38)39)23(45)33-14(7-5-9-31-27(28)29)22(44)35-18(12-21(42)43)25(47)36-17(11-20(40)41)24(46)34-15(26(48)49)6-3-4-8-30-2/h14-18,30H,3-12H2,1-2H3,(H,32,37)(H,33,45)(H,34,46)(H,35,44)(H,36,47)(H,38,39)(H,40,41)(H,42,43)(H,48,49)(H4,28,29,31)/t14-,15-,16-,17?,18-/m0/s1. The largest absolute Gasteiger partial charge is 0.481 e. The van der Waals surface area contributed by atoms with Gasteiger partial charge in [-0.15, -0.1) is 0 Å². The zero-order valence-electron chi connectivity index (χ0n) is 27.0. The Morgan fingerprint density at radius 1 is 0.571 bits per heavy atom. The number of nitrogens with one attached hydrogen (secondary N) is 8. The van der Waals surface area contributed by atoms with E-state index in [1.54, 1.807) is 7.05 Å². The molecule has 0 rings (SSSR count). The normalized spacial score (nSPS) is 13.6. The lowest BCUT2D eigenvalue weighted by atomic mass is 10.1. The second-order valence-electron chi connectivity index (χ2n) is 10.7. The molecule has 0 heterocycles. The fraction of sp³-hybridized carbons (Fsp3) is 0.630. The molecule has 0 spiro atoms. The van der Waals surface area contributed by atoms with E-state index in [0.29, 0.717) is 19.4 Å². The number of carboxylic acid groups (broad SMARTS) is 4. The lowest BCUT2D eigenvalue weighted by Crippen LogP contribution is -2.59. The predicted molar refractivity (Wildman–Crippen MR) is 167 cm³/mol. The van der Waals surface area contributed by atoms with Crippen molar-refractivity contribution < 1.29 is 63.6 Å². The molecule has 0 radical (unpaired) electrons. The summed E-state index contributed by atoms with van der Waals surface area (Å²) in [6.45, 7) is 1.59. The Labute approximate surface area is 280 Å². The molecule has 5 amide bonds. The summed E-state index contributed by atoms with van der Waals surface area (Å²) in [5.41, 5.74) is 5.22. The number of carbonyl (C=O) groups is 9. The number of carbonyl (C=O) groups excluding carboxylic acids is 5. The Morgan fingerprint density at radius 2 is 0.959 bits per heavy atom. The van der Waals surface area contributed by atoms with E-state index < -0.39 is 109 Å². The molecule has 5 atom stereocenters. The van der Waals surface area contributed by atoms with Crippen LogP contribution in [0.25, 0.3) is 0 Å². The Kier molecular flexibility index (Phi) is 20.3. The second kappa shape index (κ2) is 22.9. The number of amides is 5. The van der Waals surface area contributed by atoms with Crippen molar-refractivity contribution in [1.29, 1.82) is 5.41 Å². The van der Waals surface area contributed by atoms with Gasteiger partial charge in [-0.2, -0.15) is 0 Å². The highest BCUT2D eigenvalue weighted by Gasteiger charge is 2.34. The summed E-state index contributed by atoms with van der Waals surface area (Å²) in [4.78, 5) is 110. The Hall–Kier alpha value is -5.54. The molecule has 0 fully saturated rings.